The molecule has 4 heteroatoms. The van der Waals surface area contributed by atoms with Crippen molar-refractivity contribution in [2.24, 2.45) is 17.3 Å². The molecule has 0 aromatic heterocycles. The molecular formula is C20H26O4. The highest BCUT2D eigenvalue weighted by Crippen LogP contribution is 2.61. The predicted octanol–water partition coefficient (Wildman–Crippen LogP) is 3.15. The first-order valence-corrected chi connectivity index (χ1v) is 9.15. The Balaban J connectivity index is 1.60. The predicted molar refractivity (Wildman–Crippen MR) is 89.7 cm³/mol. The summed E-state index contributed by atoms with van der Waals surface area (Å²) in [6.45, 7) is 1.75. The van der Waals surface area contributed by atoms with Gasteiger partial charge in [-0.15, -0.1) is 0 Å². The fourth-order valence-electron chi connectivity index (χ4n) is 5.91. The first-order chi connectivity index (χ1) is 11.5. The molecule has 0 saturated heterocycles. The highest BCUT2D eigenvalue weighted by atomic mass is 16.6. The van der Waals surface area contributed by atoms with Crippen LogP contribution < -0.4 is 0 Å². The molecule has 0 amide bonds. The van der Waals surface area contributed by atoms with E-state index in [0.717, 1.165) is 38.5 Å². The Bertz CT molecular complexity index is 655. The average Bonchev–Trinajstić information content (AvgIpc) is 2.90. The lowest BCUT2D eigenvalue weighted by Crippen LogP contribution is -2.45. The van der Waals surface area contributed by atoms with Crippen molar-refractivity contribution in [3.05, 3.63) is 29.3 Å². The van der Waals surface area contributed by atoms with Crippen molar-refractivity contribution in [1.82, 2.24) is 0 Å². The standard InChI is InChI=1S/C20H26O4/c1-20-9-8-15-14-5-3-13(22)10-12(14)2-4-16(15)17(20)6-7-18(20)24-19(23)11-21/h3,5,10,15-18,21-22H,2,4,6-9,11H2,1H3/t15?,16?,17?,18-,20-/m0/s1. The largest absolute Gasteiger partial charge is 0.508 e. The van der Waals surface area contributed by atoms with Gasteiger partial charge in [0, 0.05) is 5.41 Å². The van der Waals surface area contributed by atoms with Crippen molar-refractivity contribution in [1.29, 1.82) is 0 Å². The van der Waals surface area contributed by atoms with Crippen LogP contribution >= 0.6 is 0 Å². The van der Waals surface area contributed by atoms with E-state index in [1.807, 2.05) is 12.1 Å². The number of aliphatic hydroxyl groups is 1. The first-order valence-electron chi connectivity index (χ1n) is 9.15. The van der Waals surface area contributed by atoms with Gasteiger partial charge in [0.25, 0.3) is 0 Å². The molecule has 3 unspecified atom stereocenters. The SMILES string of the molecule is C[C@]12CCC3c4ccc(O)cc4CCC3C1CC[C@@H]2OC(=O)CO. The van der Waals surface area contributed by atoms with Crippen LogP contribution in [0.15, 0.2) is 18.2 Å². The van der Waals surface area contributed by atoms with Crippen molar-refractivity contribution in [3.63, 3.8) is 0 Å². The van der Waals surface area contributed by atoms with E-state index in [9.17, 15) is 9.90 Å². The highest BCUT2D eigenvalue weighted by molar-refractivity contribution is 5.70. The summed E-state index contributed by atoms with van der Waals surface area (Å²) in [5.41, 5.74) is 2.77. The number of esters is 1. The molecule has 2 saturated carbocycles. The number of aliphatic hydroxyl groups excluding tert-OH is 1. The second kappa shape index (κ2) is 5.76. The van der Waals surface area contributed by atoms with Gasteiger partial charge >= 0.3 is 5.97 Å². The highest BCUT2D eigenvalue weighted by Gasteiger charge is 2.56. The van der Waals surface area contributed by atoms with Crippen LogP contribution in [0.3, 0.4) is 0 Å². The van der Waals surface area contributed by atoms with Crippen molar-refractivity contribution >= 4 is 5.97 Å². The van der Waals surface area contributed by atoms with Crippen LogP contribution in [-0.4, -0.2) is 28.9 Å². The molecule has 4 nitrogen and oxygen atoms in total. The van der Waals surface area contributed by atoms with E-state index in [1.165, 1.54) is 11.1 Å². The van der Waals surface area contributed by atoms with E-state index in [-0.39, 0.29) is 11.5 Å². The lowest BCUT2D eigenvalue weighted by atomic mass is 9.55. The molecule has 0 bridgehead atoms. The number of aromatic hydroxyl groups is 1. The summed E-state index contributed by atoms with van der Waals surface area (Å²) in [6, 6.07) is 5.86. The lowest BCUT2D eigenvalue weighted by Gasteiger charge is -2.50. The van der Waals surface area contributed by atoms with Crippen LogP contribution in [0.2, 0.25) is 0 Å². The van der Waals surface area contributed by atoms with Crippen LogP contribution in [0, 0.1) is 17.3 Å². The van der Waals surface area contributed by atoms with Gasteiger partial charge in [-0.1, -0.05) is 13.0 Å². The number of phenolic OH excluding ortho intramolecular Hbond substituents is 1. The second-order valence-corrected chi connectivity index (χ2v) is 8.06. The Hall–Kier alpha value is -1.55. The number of fused-ring (bicyclic) bond motifs is 5. The summed E-state index contributed by atoms with van der Waals surface area (Å²) >= 11 is 0. The summed E-state index contributed by atoms with van der Waals surface area (Å²) in [5.74, 6) is 1.66. The third kappa shape index (κ3) is 2.34. The van der Waals surface area contributed by atoms with Crippen LogP contribution in [0.5, 0.6) is 5.75 Å². The van der Waals surface area contributed by atoms with Gasteiger partial charge in [-0.2, -0.15) is 0 Å². The fraction of sp³-hybridized carbons (Fsp3) is 0.650. The third-order valence-electron chi connectivity index (χ3n) is 7.03. The molecule has 3 aliphatic carbocycles. The number of hydrogen-bond acceptors (Lipinski definition) is 4. The van der Waals surface area contributed by atoms with Gasteiger partial charge in [-0.3, -0.25) is 0 Å². The minimum Gasteiger partial charge on any atom is -0.508 e. The molecule has 5 atom stereocenters. The van der Waals surface area contributed by atoms with E-state index in [2.05, 4.69) is 13.0 Å². The van der Waals surface area contributed by atoms with Crippen LogP contribution in [0.1, 0.15) is 56.1 Å². The second-order valence-electron chi connectivity index (χ2n) is 8.06. The van der Waals surface area contributed by atoms with Gasteiger partial charge in [0.05, 0.1) is 0 Å². The number of carbonyl (C=O) groups excluding carboxylic acids is 1. The number of ether oxygens (including phenoxy) is 1. The Morgan fingerprint density at radius 2 is 2.12 bits per heavy atom. The van der Waals surface area contributed by atoms with E-state index < -0.39 is 12.6 Å². The lowest BCUT2D eigenvalue weighted by molar-refractivity contribution is -0.160. The number of aryl methyl sites for hydroxylation is 1. The summed E-state index contributed by atoms with van der Waals surface area (Å²) in [7, 11) is 0. The smallest absolute Gasteiger partial charge is 0.332 e. The van der Waals surface area contributed by atoms with E-state index in [4.69, 9.17) is 9.84 Å². The van der Waals surface area contributed by atoms with Gasteiger partial charge in [0.15, 0.2) is 0 Å². The molecule has 24 heavy (non-hydrogen) atoms. The molecule has 130 valence electrons. The molecule has 4 rings (SSSR count). The van der Waals surface area contributed by atoms with Crippen molar-refractivity contribution in [2.45, 2.75) is 57.5 Å². The number of hydrogen-bond donors (Lipinski definition) is 2. The quantitative estimate of drug-likeness (QED) is 0.818. The van der Waals surface area contributed by atoms with Crippen LogP contribution in [0.25, 0.3) is 0 Å². The number of carbonyl (C=O) groups is 1. The van der Waals surface area contributed by atoms with Gasteiger partial charge in [-0.25, -0.2) is 4.79 Å². The first kappa shape index (κ1) is 15.9. The number of rotatable bonds is 2. The molecule has 3 aliphatic rings. The van der Waals surface area contributed by atoms with E-state index in [1.54, 1.807) is 0 Å². The van der Waals surface area contributed by atoms with Crippen molar-refractivity contribution in [3.8, 4) is 5.75 Å². The minimum absolute atomic E-state index is 0.0421. The van der Waals surface area contributed by atoms with E-state index >= 15 is 0 Å². The fourth-order valence-corrected chi connectivity index (χ4v) is 5.91. The molecule has 1 aromatic carbocycles. The molecule has 2 N–H and O–H groups in total. The maximum absolute atomic E-state index is 11.6. The molecule has 0 aliphatic heterocycles. The summed E-state index contributed by atoms with van der Waals surface area (Å²) < 4.78 is 5.58. The topological polar surface area (TPSA) is 66.8 Å². The maximum atomic E-state index is 11.6. The minimum atomic E-state index is -0.528. The molecular weight excluding hydrogens is 304 g/mol. The number of benzene rings is 1. The summed E-state index contributed by atoms with van der Waals surface area (Å²) in [6.07, 6.45) is 6.32. The zero-order valence-corrected chi connectivity index (χ0v) is 14.2. The molecule has 0 radical (unpaired) electrons. The Morgan fingerprint density at radius 3 is 2.92 bits per heavy atom. The monoisotopic (exact) mass is 330 g/mol. The van der Waals surface area contributed by atoms with Gasteiger partial charge in [-0.05, 0) is 79.5 Å². The van der Waals surface area contributed by atoms with E-state index in [0.29, 0.717) is 23.5 Å². The summed E-state index contributed by atoms with van der Waals surface area (Å²) in [5, 5.41) is 18.7. The molecule has 2 fully saturated rings. The maximum Gasteiger partial charge on any atom is 0.332 e. The number of phenols is 1. The van der Waals surface area contributed by atoms with Crippen LogP contribution in [-0.2, 0) is 16.0 Å². The third-order valence-corrected chi connectivity index (χ3v) is 7.03. The molecule has 0 spiro atoms. The zero-order valence-electron chi connectivity index (χ0n) is 14.2. The van der Waals surface area contributed by atoms with Crippen molar-refractivity contribution < 1.29 is 19.7 Å². The Labute approximate surface area is 142 Å². The average molecular weight is 330 g/mol. The van der Waals surface area contributed by atoms with Gasteiger partial charge < -0.3 is 14.9 Å². The zero-order chi connectivity index (χ0) is 16.9. The summed E-state index contributed by atoms with van der Waals surface area (Å²) in [4.78, 5) is 11.6. The Kier molecular flexibility index (Phi) is 3.83. The van der Waals surface area contributed by atoms with Crippen LogP contribution in [0.4, 0.5) is 0 Å². The van der Waals surface area contributed by atoms with Gasteiger partial charge in [0.2, 0.25) is 0 Å². The molecule has 0 heterocycles. The Morgan fingerprint density at radius 1 is 1.29 bits per heavy atom. The van der Waals surface area contributed by atoms with Crippen molar-refractivity contribution in [2.75, 3.05) is 6.61 Å². The normalized spacial score (nSPS) is 37.2. The molecule has 1 aromatic rings. The van der Waals surface area contributed by atoms with Gasteiger partial charge in [0.1, 0.15) is 18.5 Å².